The van der Waals surface area contributed by atoms with Gasteiger partial charge in [-0.1, -0.05) is 55.2 Å². The van der Waals surface area contributed by atoms with E-state index in [1.807, 2.05) is 0 Å². The molecule has 0 bridgehead atoms. The molecule has 1 heterocycles. The third-order valence-electron chi connectivity index (χ3n) is 6.70. The number of carbonyl (C=O) groups excluding carboxylic acids is 1. The maximum atomic E-state index is 14.7. The van der Waals surface area contributed by atoms with Gasteiger partial charge in [0.05, 0.1) is 28.0 Å². The van der Waals surface area contributed by atoms with Crippen LogP contribution in [0.4, 0.5) is 4.39 Å². The molecular formula is C27H32Cl2FNO6S. The van der Waals surface area contributed by atoms with Crippen molar-refractivity contribution in [1.82, 2.24) is 4.90 Å². The molecule has 2 aromatic rings. The fourth-order valence-electron chi connectivity index (χ4n) is 4.47. The summed E-state index contributed by atoms with van der Waals surface area (Å²) in [6, 6.07) is 8.85. The van der Waals surface area contributed by atoms with Crippen LogP contribution in [0.15, 0.2) is 42.5 Å². The van der Waals surface area contributed by atoms with Crippen LogP contribution >= 0.6 is 23.2 Å². The van der Waals surface area contributed by atoms with Crippen LogP contribution in [0.2, 0.25) is 10.0 Å². The lowest BCUT2D eigenvalue weighted by Crippen LogP contribution is -2.58. The summed E-state index contributed by atoms with van der Waals surface area (Å²) in [5.74, 6) is -3.41. The first-order chi connectivity index (χ1) is 17.5. The SMILES string of the molecule is CC(C)[C@@H](CS(=O)(=O)C(C)(C)C)N1C(=O)[C@H](CC(=O)O)O[C@H](c2cccc(Cl)c2)[C@H]1c1ccc(Cl)c(F)c1. The number of morpholine rings is 1. The summed E-state index contributed by atoms with van der Waals surface area (Å²) in [5.41, 5.74) is 0.838. The number of ether oxygens (including phenoxy) is 1. The number of carboxylic acids is 1. The van der Waals surface area contributed by atoms with Gasteiger partial charge in [-0.2, -0.15) is 0 Å². The van der Waals surface area contributed by atoms with Crippen molar-refractivity contribution < 1.29 is 32.2 Å². The Morgan fingerprint density at radius 2 is 1.79 bits per heavy atom. The van der Waals surface area contributed by atoms with Crippen LogP contribution in [-0.4, -0.2) is 52.9 Å². The third-order valence-corrected chi connectivity index (χ3v) is 9.89. The molecule has 1 saturated heterocycles. The van der Waals surface area contributed by atoms with Gasteiger partial charge in [-0.3, -0.25) is 9.59 Å². The summed E-state index contributed by atoms with van der Waals surface area (Å²) in [6.07, 6.45) is -3.01. The highest BCUT2D eigenvalue weighted by atomic mass is 35.5. The van der Waals surface area contributed by atoms with Crippen molar-refractivity contribution in [1.29, 1.82) is 0 Å². The lowest BCUT2D eigenvalue weighted by atomic mass is 9.88. The molecule has 1 aliphatic rings. The van der Waals surface area contributed by atoms with Crippen LogP contribution in [0, 0.1) is 11.7 Å². The predicted octanol–water partition coefficient (Wildman–Crippen LogP) is 5.85. The number of hydrogen-bond donors (Lipinski definition) is 1. The van der Waals surface area contributed by atoms with Gasteiger partial charge in [-0.15, -0.1) is 0 Å². The van der Waals surface area contributed by atoms with Crippen molar-refractivity contribution in [2.45, 2.75) is 70.1 Å². The molecule has 3 rings (SSSR count). The number of sulfone groups is 1. The molecule has 0 spiro atoms. The molecule has 0 radical (unpaired) electrons. The van der Waals surface area contributed by atoms with Crippen molar-refractivity contribution in [2.75, 3.05) is 5.75 Å². The first-order valence-electron chi connectivity index (χ1n) is 12.2. The quantitative estimate of drug-likeness (QED) is 0.415. The smallest absolute Gasteiger partial charge is 0.306 e. The monoisotopic (exact) mass is 587 g/mol. The van der Waals surface area contributed by atoms with Gasteiger partial charge < -0.3 is 14.7 Å². The Morgan fingerprint density at radius 1 is 1.13 bits per heavy atom. The Kier molecular flexibility index (Phi) is 9.18. The molecule has 1 aliphatic heterocycles. The molecule has 0 aliphatic carbocycles. The minimum Gasteiger partial charge on any atom is -0.481 e. The molecule has 0 unspecified atom stereocenters. The topological polar surface area (TPSA) is 101 Å². The average molecular weight is 589 g/mol. The maximum absolute atomic E-state index is 14.7. The van der Waals surface area contributed by atoms with Gasteiger partial charge in [0.2, 0.25) is 0 Å². The molecular weight excluding hydrogens is 556 g/mol. The van der Waals surface area contributed by atoms with E-state index >= 15 is 0 Å². The molecule has 0 saturated carbocycles. The number of nitrogens with zero attached hydrogens (tertiary/aromatic N) is 1. The van der Waals surface area contributed by atoms with E-state index in [0.29, 0.717) is 16.1 Å². The van der Waals surface area contributed by atoms with Gasteiger partial charge in [0.15, 0.2) is 9.84 Å². The van der Waals surface area contributed by atoms with Gasteiger partial charge in [-0.05, 0) is 62.1 Å². The second-order valence-corrected chi connectivity index (χ2v) is 14.4. The van der Waals surface area contributed by atoms with Crippen LogP contribution < -0.4 is 0 Å². The van der Waals surface area contributed by atoms with E-state index in [-0.39, 0.29) is 16.7 Å². The Balaban J connectivity index is 2.29. The highest BCUT2D eigenvalue weighted by Crippen LogP contribution is 2.45. The lowest BCUT2D eigenvalue weighted by molar-refractivity contribution is -0.184. The summed E-state index contributed by atoms with van der Waals surface area (Å²) in [4.78, 5) is 27.0. The van der Waals surface area contributed by atoms with E-state index in [1.54, 1.807) is 65.0 Å². The van der Waals surface area contributed by atoms with E-state index in [0.717, 1.165) is 0 Å². The van der Waals surface area contributed by atoms with Gasteiger partial charge in [0.1, 0.15) is 18.0 Å². The zero-order valence-electron chi connectivity index (χ0n) is 21.8. The van der Waals surface area contributed by atoms with Crippen LogP contribution in [0.3, 0.4) is 0 Å². The number of aliphatic carboxylic acids is 1. The second-order valence-electron chi connectivity index (χ2n) is 10.8. The zero-order valence-corrected chi connectivity index (χ0v) is 24.1. The minimum atomic E-state index is -3.73. The molecule has 2 aromatic carbocycles. The van der Waals surface area contributed by atoms with Gasteiger partial charge in [0, 0.05) is 11.1 Å². The van der Waals surface area contributed by atoms with E-state index in [1.165, 1.54) is 17.0 Å². The lowest BCUT2D eigenvalue weighted by Gasteiger charge is -2.49. The number of carboxylic acid groups (broad SMARTS) is 1. The van der Waals surface area contributed by atoms with E-state index < -0.39 is 63.0 Å². The van der Waals surface area contributed by atoms with E-state index in [9.17, 15) is 27.5 Å². The predicted molar refractivity (Wildman–Crippen MR) is 144 cm³/mol. The summed E-state index contributed by atoms with van der Waals surface area (Å²) >= 11 is 12.2. The fraction of sp³-hybridized carbons (Fsp3) is 0.481. The number of benzene rings is 2. The maximum Gasteiger partial charge on any atom is 0.306 e. The summed E-state index contributed by atoms with van der Waals surface area (Å²) in [7, 11) is -3.73. The zero-order chi connectivity index (χ0) is 28.6. The molecule has 1 N–H and O–H groups in total. The number of rotatable bonds is 8. The Hall–Kier alpha value is -2.20. The van der Waals surface area contributed by atoms with Crippen LogP contribution in [0.25, 0.3) is 0 Å². The molecule has 0 aromatic heterocycles. The normalized spacial score (nSPS) is 21.6. The van der Waals surface area contributed by atoms with Crippen molar-refractivity contribution in [3.63, 3.8) is 0 Å². The number of halogens is 3. The van der Waals surface area contributed by atoms with Crippen molar-refractivity contribution >= 4 is 44.9 Å². The highest BCUT2D eigenvalue weighted by molar-refractivity contribution is 7.92. The molecule has 38 heavy (non-hydrogen) atoms. The Morgan fingerprint density at radius 3 is 2.32 bits per heavy atom. The summed E-state index contributed by atoms with van der Waals surface area (Å²) < 4.78 is 46.4. The molecule has 1 amide bonds. The minimum absolute atomic E-state index is 0.123. The Bertz CT molecular complexity index is 1310. The summed E-state index contributed by atoms with van der Waals surface area (Å²) in [6.45, 7) is 8.30. The largest absolute Gasteiger partial charge is 0.481 e. The first kappa shape index (κ1) is 30.3. The molecule has 1 fully saturated rings. The third kappa shape index (κ3) is 6.50. The average Bonchev–Trinajstić information content (AvgIpc) is 2.79. The number of hydrogen-bond acceptors (Lipinski definition) is 5. The van der Waals surface area contributed by atoms with Crippen LogP contribution in [0.1, 0.15) is 64.3 Å². The van der Waals surface area contributed by atoms with Crippen molar-refractivity contribution in [3.8, 4) is 0 Å². The fourth-order valence-corrected chi connectivity index (χ4v) is 6.28. The van der Waals surface area contributed by atoms with E-state index in [4.69, 9.17) is 27.9 Å². The van der Waals surface area contributed by atoms with Crippen LogP contribution in [-0.2, 0) is 24.2 Å². The van der Waals surface area contributed by atoms with Crippen molar-refractivity contribution in [3.05, 3.63) is 69.5 Å². The van der Waals surface area contributed by atoms with Crippen molar-refractivity contribution in [2.24, 2.45) is 5.92 Å². The van der Waals surface area contributed by atoms with Gasteiger partial charge in [0.25, 0.3) is 5.91 Å². The molecule has 208 valence electrons. The van der Waals surface area contributed by atoms with Gasteiger partial charge in [-0.25, -0.2) is 12.8 Å². The Labute approximate surface area is 232 Å². The van der Waals surface area contributed by atoms with Crippen LogP contribution in [0.5, 0.6) is 0 Å². The standard InChI is InChI=1S/C27H32Cl2FNO6S/c1-15(2)21(14-38(35,36)27(3,4)5)31-24(16-9-10-19(29)20(30)12-16)25(17-7-6-8-18(28)11-17)37-22(26(31)34)13-23(32)33/h6-12,15,21-22,24-25H,13-14H2,1-5H3,(H,32,33)/t21-,22+,24-,25-/m1/s1. The molecule has 4 atom stereocenters. The molecule has 7 nitrogen and oxygen atoms in total. The highest BCUT2D eigenvalue weighted by Gasteiger charge is 2.49. The number of amides is 1. The van der Waals surface area contributed by atoms with Gasteiger partial charge >= 0.3 is 5.97 Å². The first-order valence-corrected chi connectivity index (χ1v) is 14.6. The molecule has 11 heteroatoms. The second kappa shape index (κ2) is 11.5. The number of carbonyl (C=O) groups is 2. The summed E-state index contributed by atoms with van der Waals surface area (Å²) in [5, 5.41) is 9.78. The van der Waals surface area contributed by atoms with E-state index in [2.05, 4.69) is 0 Å².